The van der Waals surface area contributed by atoms with Gasteiger partial charge in [-0.05, 0) is 6.42 Å². The molecule has 1 amide bonds. The molecule has 0 saturated carbocycles. The number of halogens is 1. The summed E-state index contributed by atoms with van der Waals surface area (Å²) in [6, 6.07) is 0. The van der Waals surface area contributed by atoms with E-state index in [4.69, 9.17) is 11.6 Å². The van der Waals surface area contributed by atoms with Crippen LogP contribution in [0.2, 0.25) is 0 Å². The second-order valence-electron chi connectivity index (χ2n) is 5.11. The average Bonchev–Trinajstić information content (AvgIpc) is 2.39. The minimum Gasteiger partial charge on any atom is -0.354 e. The summed E-state index contributed by atoms with van der Waals surface area (Å²) in [6.07, 6.45) is 8.87. The third kappa shape index (κ3) is 12.7. The summed E-state index contributed by atoms with van der Waals surface area (Å²) >= 11 is 5.42. The standard InChI is InChI=1S/C14H28ClNO3S/c1-2-3-4-5-6-7-8-9-12-20(18,19)13-14(17)16-11-10-15/h2-13H2,1H3,(H,16,17). The Morgan fingerprint density at radius 3 is 2.10 bits per heavy atom. The SMILES string of the molecule is CCCCCCCCCCS(=O)(=O)CC(=O)NCCCl. The van der Waals surface area contributed by atoms with E-state index < -0.39 is 21.5 Å². The highest BCUT2D eigenvalue weighted by molar-refractivity contribution is 7.92. The van der Waals surface area contributed by atoms with Gasteiger partial charge in [0.15, 0.2) is 9.84 Å². The van der Waals surface area contributed by atoms with E-state index >= 15 is 0 Å². The number of rotatable bonds is 13. The summed E-state index contributed by atoms with van der Waals surface area (Å²) in [5, 5.41) is 2.47. The van der Waals surface area contributed by atoms with Crippen LogP contribution >= 0.6 is 11.6 Å². The predicted octanol–water partition coefficient (Wildman–Crippen LogP) is 2.90. The smallest absolute Gasteiger partial charge is 0.235 e. The molecule has 0 rings (SSSR count). The number of carbonyl (C=O) groups excluding carboxylic acids is 1. The Hall–Kier alpha value is -0.290. The Morgan fingerprint density at radius 2 is 1.55 bits per heavy atom. The number of unbranched alkanes of at least 4 members (excludes halogenated alkanes) is 7. The number of hydrogen-bond acceptors (Lipinski definition) is 3. The minimum absolute atomic E-state index is 0.107. The van der Waals surface area contributed by atoms with Crippen molar-refractivity contribution in [2.24, 2.45) is 0 Å². The van der Waals surface area contributed by atoms with Crippen molar-refractivity contribution >= 4 is 27.3 Å². The Labute approximate surface area is 128 Å². The van der Waals surface area contributed by atoms with Gasteiger partial charge in [-0.3, -0.25) is 4.79 Å². The van der Waals surface area contributed by atoms with Gasteiger partial charge in [0, 0.05) is 12.4 Å². The van der Waals surface area contributed by atoms with E-state index in [2.05, 4.69) is 12.2 Å². The molecule has 120 valence electrons. The highest BCUT2D eigenvalue weighted by atomic mass is 35.5. The van der Waals surface area contributed by atoms with Gasteiger partial charge in [0.1, 0.15) is 5.75 Å². The molecule has 0 aliphatic carbocycles. The second-order valence-corrected chi connectivity index (χ2v) is 7.67. The Balaban J connectivity index is 3.59. The molecule has 0 aromatic heterocycles. The molecule has 20 heavy (non-hydrogen) atoms. The molecule has 0 fully saturated rings. The zero-order valence-corrected chi connectivity index (χ0v) is 14.1. The van der Waals surface area contributed by atoms with Crippen LogP contribution in [0.25, 0.3) is 0 Å². The van der Waals surface area contributed by atoms with Gasteiger partial charge in [0.2, 0.25) is 5.91 Å². The fraction of sp³-hybridized carbons (Fsp3) is 0.929. The summed E-state index contributed by atoms with van der Waals surface area (Å²) in [5.74, 6) is -0.467. The Kier molecular flexibility index (Phi) is 12.3. The third-order valence-corrected chi connectivity index (χ3v) is 4.88. The Morgan fingerprint density at radius 1 is 1.00 bits per heavy atom. The molecule has 0 aliphatic heterocycles. The molecule has 1 N–H and O–H groups in total. The van der Waals surface area contributed by atoms with E-state index in [0.29, 0.717) is 18.8 Å². The molecule has 0 saturated heterocycles. The Bertz CT molecular complexity index is 344. The molecule has 0 bridgehead atoms. The lowest BCUT2D eigenvalue weighted by atomic mass is 10.1. The molecule has 0 aliphatic rings. The van der Waals surface area contributed by atoms with Crippen molar-refractivity contribution in [3.05, 3.63) is 0 Å². The quantitative estimate of drug-likeness (QED) is 0.418. The number of carbonyl (C=O) groups is 1. The van der Waals surface area contributed by atoms with Crippen molar-refractivity contribution in [1.82, 2.24) is 5.32 Å². The molecular formula is C14H28ClNO3S. The van der Waals surface area contributed by atoms with Crippen LogP contribution in [0.3, 0.4) is 0 Å². The van der Waals surface area contributed by atoms with Gasteiger partial charge in [0.25, 0.3) is 0 Å². The maximum absolute atomic E-state index is 11.7. The average molecular weight is 326 g/mol. The highest BCUT2D eigenvalue weighted by Gasteiger charge is 2.15. The van der Waals surface area contributed by atoms with E-state index in [1.807, 2.05) is 0 Å². The summed E-state index contributed by atoms with van der Waals surface area (Å²) < 4.78 is 23.4. The molecule has 0 aromatic rings. The fourth-order valence-corrected chi connectivity index (χ4v) is 3.35. The number of nitrogens with one attached hydrogen (secondary N) is 1. The maximum Gasteiger partial charge on any atom is 0.235 e. The van der Waals surface area contributed by atoms with Crippen LogP contribution in [0.5, 0.6) is 0 Å². The number of alkyl halides is 1. The monoisotopic (exact) mass is 325 g/mol. The van der Waals surface area contributed by atoms with Crippen LogP contribution < -0.4 is 5.32 Å². The first kappa shape index (κ1) is 19.7. The maximum atomic E-state index is 11.7. The highest BCUT2D eigenvalue weighted by Crippen LogP contribution is 2.09. The van der Waals surface area contributed by atoms with E-state index in [-0.39, 0.29) is 5.75 Å². The van der Waals surface area contributed by atoms with Gasteiger partial charge in [0.05, 0.1) is 5.75 Å². The van der Waals surface area contributed by atoms with Gasteiger partial charge in [-0.15, -0.1) is 11.6 Å². The molecule has 0 atom stereocenters. The molecule has 0 radical (unpaired) electrons. The normalized spacial score (nSPS) is 11.5. The van der Waals surface area contributed by atoms with Gasteiger partial charge in [-0.25, -0.2) is 8.42 Å². The summed E-state index contributed by atoms with van der Waals surface area (Å²) in [7, 11) is -3.27. The van der Waals surface area contributed by atoms with Crippen LogP contribution in [-0.4, -0.2) is 38.3 Å². The van der Waals surface area contributed by atoms with Gasteiger partial charge < -0.3 is 5.32 Å². The number of sulfone groups is 1. The van der Waals surface area contributed by atoms with Crippen LogP contribution in [0.4, 0.5) is 0 Å². The summed E-state index contributed by atoms with van der Waals surface area (Å²) in [6.45, 7) is 2.50. The molecule has 0 aromatic carbocycles. The minimum atomic E-state index is -3.27. The first-order chi connectivity index (χ1) is 9.52. The van der Waals surface area contributed by atoms with Crippen molar-refractivity contribution in [1.29, 1.82) is 0 Å². The van der Waals surface area contributed by atoms with E-state index in [0.717, 1.165) is 12.8 Å². The zero-order valence-electron chi connectivity index (χ0n) is 12.5. The molecule has 4 nitrogen and oxygen atoms in total. The van der Waals surface area contributed by atoms with E-state index in [1.165, 1.54) is 32.1 Å². The van der Waals surface area contributed by atoms with Crippen LogP contribution in [0, 0.1) is 0 Å². The zero-order chi connectivity index (χ0) is 15.3. The largest absolute Gasteiger partial charge is 0.354 e. The van der Waals surface area contributed by atoms with Gasteiger partial charge >= 0.3 is 0 Å². The molecule has 0 spiro atoms. The van der Waals surface area contributed by atoms with Crippen LogP contribution in [0.1, 0.15) is 58.3 Å². The first-order valence-corrected chi connectivity index (χ1v) is 9.90. The lowest BCUT2D eigenvalue weighted by Gasteiger charge is -2.05. The summed E-state index contributed by atoms with van der Waals surface area (Å²) in [4.78, 5) is 11.3. The van der Waals surface area contributed by atoms with Crippen LogP contribution in [-0.2, 0) is 14.6 Å². The van der Waals surface area contributed by atoms with Crippen molar-refractivity contribution in [2.45, 2.75) is 58.3 Å². The molecule has 0 unspecified atom stereocenters. The molecule has 0 heterocycles. The van der Waals surface area contributed by atoms with Crippen molar-refractivity contribution in [3.63, 3.8) is 0 Å². The number of hydrogen-bond donors (Lipinski definition) is 1. The second kappa shape index (κ2) is 12.5. The first-order valence-electron chi connectivity index (χ1n) is 7.55. The molecule has 6 heteroatoms. The predicted molar refractivity (Wildman–Crippen MR) is 85.0 cm³/mol. The third-order valence-electron chi connectivity index (χ3n) is 3.08. The topological polar surface area (TPSA) is 63.2 Å². The van der Waals surface area contributed by atoms with E-state index in [9.17, 15) is 13.2 Å². The van der Waals surface area contributed by atoms with Crippen molar-refractivity contribution < 1.29 is 13.2 Å². The molecular weight excluding hydrogens is 298 g/mol. The van der Waals surface area contributed by atoms with Crippen molar-refractivity contribution in [2.75, 3.05) is 23.9 Å². The van der Waals surface area contributed by atoms with Gasteiger partial charge in [-0.2, -0.15) is 0 Å². The lowest BCUT2D eigenvalue weighted by Crippen LogP contribution is -2.32. The van der Waals surface area contributed by atoms with Crippen molar-refractivity contribution in [3.8, 4) is 0 Å². The fourth-order valence-electron chi connectivity index (χ4n) is 1.97. The van der Waals surface area contributed by atoms with Gasteiger partial charge in [-0.1, -0.05) is 51.9 Å². The van der Waals surface area contributed by atoms with E-state index in [1.54, 1.807) is 0 Å². The lowest BCUT2D eigenvalue weighted by molar-refractivity contribution is -0.118. The number of amides is 1. The van der Waals surface area contributed by atoms with Crippen LogP contribution in [0.15, 0.2) is 0 Å². The summed E-state index contributed by atoms with van der Waals surface area (Å²) in [5.41, 5.74) is 0.